The van der Waals surface area contributed by atoms with Crippen LogP contribution in [0.2, 0.25) is 0 Å². The van der Waals surface area contributed by atoms with Crippen molar-refractivity contribution in [3.63, 3.8) is 0 Å². The highest BCUT2D eigenvalue weighted by Crippen LogP contribution is 2.33. The number of nitrogen functional groups attached to an aromatic ring is 1. The molecule has 1 heterocycles. The Balaban J connectivity index is 2.54. The lowest BCUT2D eigenvalue weighted by Crippen LogP contribution is -2.46. The highest BCUT2D eigenvalue weighted by Gasteiger charge is 2.31. The maximum Gasteiger partial charge on any atom is 0.108 e. The van der Waals surface area contributed by atoms with Gasteiger partial charge in [0.05, 0.1) is 23.1 Å². The van der Waals surface area contributed by atoms with Gasteiger partial charge in [-0.1, -0.05) is 12.1 Å². The lowest BCUT2D eigenvalue weighted by atomic mass is 9.92. The lowest BCUT2D eigenvalue weighted by molar-refractivity contribution is 0.763. The molecule has 0 saturated heterocycles. The van der Waals surface area contributed by atoms with E-state index in [1.54, 1.807) is 0 Å². The zero-order chi connectivity index (χ0) is 13.3. The average molecular weight is 245 g/mol. The number of nitrogens with two attached hydrogens (primary N) is 1. The summed E-state index contributed by atoms with van der Waals surface area (Å²) in [7, 11) is 1.98. The number of hydrazone groups is 1. The SMILES string of the molecule is CCN/N=C1\C(=N)c2cccc(N)c2N(C)C1C. The average Bonchev–Trinajstić information content (AvgIpc) is 2.36. The second-order valence-electron chi connectivity index (χ2n) is 4.41. The van der Waals surface area contributed by atoms with Crippen molar-refractivity contribution in [1.82, 2.24) is 5.43 Å². The normalized spacial score (nSPS) is 21.1. The van der Waals surface area contributed by atoms with E-state index in [0.717, 1.165) is 23.5 Å². The molecular weight excluding hydrogens is 226 g/mol. The van der Waals surface area contributed by atoms with Crippen LogP contribution in [0.1, 0.15) is 19.4 Å². The maximum absolute atomic E-state index is 8.27. The van der Waals surface area contributed by atoms with E-state index in [2.05, 4.69) is 15.4 Å². The number of nitrogens with one attached hydrogen (secondary N) is 2. The number of para-hydroxylation sites is 1. The lowest BCUT2D eigenvalue weighted by Gasteiger charge is -2.35. The summed E-state index contributed by atoms with van der Waals surface area (Å²) < 4.78 is 0. The molecule has 96 valence electrons. The molecule has 1 unspecified atom stereocenters. The number of hydrogen-bond acceptors (Lipinski definition) is 5. The van der Waals surface area contributed by atoms with E-state index in [1.165, 1.54) is 0 Å². The minimum atomic E-state index is 0.0359. The van der Waals surface area contributed by atoms with Crippen molar-refractivity contribution in [3.8, 4) is 0 Å². The summed E-state index contributed by atoms with van der Waals surface area (Å²) in [5.41, 5.74) is 12.6. The Labute approximate surface area is 107 Å². The second-order valence-corrected chi connectivity index (χ2v) is 4.41. The summed E-state index contributed by atoms with van der Waals surface area (Å²) >= 11 is 0. The molecule has 0 aromatic heterocycles. The van der Waals surface area contributed by atoms with Crippen LogP contribution in [0.25, 0.3) is 0 Å². The van der Waals surface area contributed by atoms with Gasteiger partial charge in [-0.2, -0.15) is 5.10 Å². The quantitative estimate of drug-likeness (QED) is 0.545. The number of rotatable bonds is 2. The van der Waals surface area contributed by atoms with Gasteiger partial charge in [0, 0.05) is 19.2 Å². The fourth-order valence-corrected chi connectivity index (χ4v) is 2.19. The van der Waals surface area contributed by atoms with Crippen LogP contribution in [-0.2, 0) is 0 Å². The van der Waals surface area contributed by atoms with Crippen LogP contribution in [-0.4, -0.2) is 31.1 Å². The number of anilines is 2. The van der Waals surface area contributed by atoms with Gasteiger partial charge < -0.3 is 16.1 Å². The van der Waals surface area contributed by atoms with Crippen LogP contribution in [0.5, 0.6) is 0 Å². The van der Waals surface area contributed by atoms with Crippen molar-refractivity contribution in [2.45, 2.75) is 19.9 Å². The first-order valence-electron chi connectivity index (χ1n) is 6.09. The molecule has 0 spiro atoms. The Kier molecular flexibility index (Phi) is 3.23. The number of nitrogens with zero attached hydrogens (tertiary/aromatic N) is 2. The van der Waals surface area contributed by atoms with Crippen LogP contribution in [0.15, 0.2) is 23.3 Å². The largest absolute Gasteiger partial charge is 0.397 e. The van der Waals surface area contributed by atoms with Crippen LogP contribution in [0.3, 0.4) is 0 Å². The van der Waals surface area contributed by atoms with Gasteiger partial charge >= 0.3 is 0 Å². The second kappa shape index (κ2) is 4.68. The molecular formula is C13H19N5. The monoisotopic (exact) mass is 245 g/mol. The van der Waals surface area contributed by atoms with E-state index < -0.39 is 0 Å². The van der Waals surface area contributed by atoms with E-state index in [0.29, 0.717) is 11.4 Å². The Hall–Kier alpha value is -2.04. The molecule has 0 bridgehead atoms. The number of benzene rings is 1. The molecule has 18 heavy (non-hydrogen) atoms. The van der Waals surface area contributed by atoms with Gasteiger partial charge in [0.15, 0.2) is 0 Å². The molecule has 1 aliphatic heterocycles. The summed E-state index contributed by atoms with van der Waals surface area (Å²) in [6.07, 6.45) is 0. The summed E-state index contributed by atoms with van der Waals surface area (Å²) in [4.78, 5) is 2.07. The number of hydrogen-bond donors (Lipinski definition) is 3. The molecule has 1 aromatic rings. The third kappa shape index (κ3) is 1.81. The first kappa shape index (κ1) is 12.4. The standard InChI is InChI=1S/C13H19N5/c1-4-16-17-12-8(2)18(3)13-9(11(12)15)6-5-7-10(13)14/h5-8,15-16H,4,14H2,1-3H3/b15-11?,17-12-. The van der Waals surface area contributed by atoms with Crippen LogP contribution in [0.4, 0.5) is 11.4 Å². The molecule has 0 aliphatic carbocycles. The van der Waals surface area contributed by atoms with Gasteiger partial charge in [0.2, 0.25) is 0 Å². The Morgan fingerprint density at radius 2 is 2.22 bits per heavy atom. The molecule has 0 radical (unpaired) electrons. The Bertz CT molecular complexity index is 506. The zero-order valence-electron chi connectivity index (χ0n) is 11.0. The van der Waals surface area contributed by atoms with Gasteiger partial charge in [-0.15, -0.1) is 0 Å². The third-order valence-electron chi connectivity index (χ3n) is 3.28. The summed E-state index contributed by atoms with van der Waals surface area (Å²) in [6, 6.07) is 5.69. The van der Waals surface area contributed by atoms with E-state index >= 15 is 0 Å². The highest BCUT2D eigenvalue weighted by molar-refractivity contribution is 6.51. The number of fused-ring (bicyclic) bond motifs is 1. The van der Waals surface area contributed by atoms with Gasteiger partial charge in [-0.05, 0) is 19.9 Å². The molecule has 0 amide bonds. The fraction of sp³-hybridized carbons (Fsp3) is 0.385. The minimum Gasteiger partial charge on any atom is -0.397 e. The van der Waals surface area contributed by atoms with Crippen molar-refractivity contribution in [2.75, 3.05) is 24.2 Å². The Morgan fingerprint density at radius 1 is 1.50 bits per heavy atom. The van der Waals surface area contributed by atoms with Crippen molar-refractivity contribution < 1.29 is 0 Å². The van der Waals surface area contributed by atoms with E-state index in [1.807, 2.05) is 39.1 Å². The summed E-state index contributed by atoms with van der Waals surface area (Å²) in [6.45, 7) is 4.76. The van der Waals surface area contributed by atoms with Crippen LogP contribution in [0, 0.1) is 5.41 Å². The Morgan fingerprint density at radius 3 is 2.89 bits per heavy atom. The molecule has 1 aliphatic rings. The van der Waals surface area contributed by atoms with Crippen molar-refractivity contribution in [3.05, 3.63) is 23.8 Å². The molecule has 1 atom stereocenters. The molecule has 0 saturated carbocycles. The maximum atomic E-state index is 8.27. The highest BCUT2D eigenvalue weighted by atomic mass is 15.3. The molecule has 1 aromatic carbocycles. The first-order valence-corrected chi connectivity index (χ1v) is 6.09. The summed E-state index contributed by atoms with van der Waals surface area (Å²) in [5, 5.41) is 12.6. The zero-order valence-corrected chi connectivity index (χ0v) is 11.0. The third-order valence-corrected chi connectivity index (χ3v) is 3.28. The molecule has 5 nitrogen and oxygen atoms in total. The van der Waals surface area contributed by atoms with E-state index in [-0.39, 0.29) is 6.04 Å². The van der Waals surface area contributed by atoms with Gasteiger partial charge in [0.1, 0.15) is 5.71 Å². The predicted octanol–water partition coefficient (Wildman–Crippen LogP) is 1.44. The van der Waals surface area contributed by atoms with Crippen molar-refractivity contribution in [2.24, 2.45) is 5.10 Å². The molecule has 0 fully saturated rings. The topological polar surface area (TPSA) is 77.5 Å². The van der Waals surface area contributed by atoms with E-state index in [9.17, 15) is 0 Å². The molecule has 4 N–H and O–H groups in total. The van der Waals surface area contributed by atoms with Gasteiger partial charge in [-0.3, -0.25) is 5.41 Å². The molecule has 5 heteroatoms. The first-order chi connectivity index (χ1) is 8.57. The van der Waals surface area contributed by atoms with E-state index in [4.69, 9.17) is 11.1 Å². The van der Waals surface area contributed by atoms with Crippen LogP contribution >= 0.6 is 0 Å². The van der Waals surface area contributed by atoms with Gasteiger partial charge in [0.25, 0.3) is 0 Å². The summed E-state index contributed by atoms with van der Waals surface area (Å²) in [5.74, 6) is 0. The van der Waals surface area contributed by atoms with Gasteiger partial charge in [-0.25, -0.2) is 0 Å². The predicted molar refractivity (Wildman–Crippen MR) is 76.7 cm³/mol. The fourth-order valence-electron chi connectivity index (χ4n) is 2.19. The minimum absolute atomic E-state index is 0.0359. The molecule has 2 rings (SSSR count). The smallest absolute Gasteiger partial charge is 0.108 e. The van der Waals surface area contributed by atoms with Crippen molar-refractivity contribution in [1.29, 1.82) is 5.41 Å². The van der Waals surface area contributed by atoms with Crippen LogP contribution < -0.4 is 16.1 Å². The van der Waals surface area contributed by atoms with Crippen molar-refractivity contribution >= 4 is 22.8 Å².